The lowest BCUT2D eigenvalue weighted by molar-refractivity contribution is -0.118. The Kier molecular flexibility index (Phi) is 9.55. The summed E-state index contributed by atoms with van der Waals surface area (Å²) in [5, 5.41) is 13.0. The Morgan fingerprint density at radius 2 is 1.83 bits per heavy atom. The van der Waals surface area contributed by atoms with Gasteiger partial charge in [0.05, 0.1) is 33.3 Å². The molecule has 0 atom stereocenters. The standard InChI is InChI=1S/C24H27N5O5S/c1-5-11-29-21(15-34-18-9-7-6-8-10-18)26-28-24(29)35-16-22(30)27-25-14-17-12-19(31-2)23(33-4)20(13-17)32-3/h5-10,12-14H,1,11,15-16H2,2-4H3,(H,27,30)/b25-14-. The number of rotatable bonds is 13. The third-order valence-electron chi connectivity index (χ3n) is 4.64. The van der Waals surface area contributed by atoms with E-state index >= 15 is 0 Å². The van der Waals surface area contributed by atoms with E-state index < -0.39 is 0 Å². The zero-order valence-electron chi connectivity index (χ0n) is 19.8. The average molecular weight is 498 g/mol. The summed E-state index contributed by atoms with van der Waals surface area (Å²) in [4.78, 5) is 12.3. The van der Waals surface area contributed by atoms with Crippen LogP contribution in [-0.2, 0) is 17.9 Å². The van der Waals surface area contributed by atoms with Gasteiger partial charge < -0.3 is 18.9 Å². The van der Waals surface area contributed by atoms with Gasteiger partial charge in [0.2, 0.25) is 5.75 Å². The SMILES string of the molecule is C=CCn1c(COc2ccccc2)nnc1SCC(=O)N/N=C\c1cc(OC)c(OC)c(OC)c1. The van der Waals surface area contributed by atoms with Crippen LogP contribution in [0.3, 0.4) is 0 Å². The number of hydrazone groups is 1. The molecule has 2 aromatic carbocycles. The van der Waals surface area contributed by atoms with Crippen LogP contribution < -0.4 is 24.4 Å². The Morgan fingerprint density at radius 3 is 2.46 bits per heavy atom. The molecule has 0 aliphatic rings. The minimum atomic E-state index is -0.297. The number of aromatic nitrogens is 3. The highest BCUT2D eigenvalue weighted by Crippen LogP contribution is 2.37. The van der Waals surface area contributed by atoms with E-state index in [0.29, 0.717) is 40.3 Å². The predicted molar refractivity (Wildman–Crippen MR) is 134 cm³/mol. The van der Waals surface area contributed by atoms with Crippen molar-refractivity contribution in [2.45, 2.75) is 18.3 Å². The first-order chi connectivity index (χ1) is 17.1. The number of benzene rings is 2. The van der Waals surface area contributed by atoms with E-state index in [4.69, 9.17) is 18.9 Å². The summed E-state index contributed by atoms with van der Waals surface area (Å²) in [5.74, 6) is 2.63. The number of methoxy groups -OCH3 is 3. The van der Waals surface area contributed by atoms with Crippen LogP contribution in [-0.4, -0.2) is 54.0 Å². The van der Waals surface area contributed by atoms with Gasteiger partial charge in [0.25, 0.3) is 5.91 Å². The number of ether oxygens (including phenoxy) is 4. The molecule has 0 saturated heterocycles. The first kappa shape index (κ1) is 25.6. The number of nitrogens with one attached hydrogen (secondary N) is 1. The van der Waals surface area contributed by atoms with Crippen LogP contribution in [0.1, 0.15) is 11.4 Å². The molecule has 1 amide bonds. The predicted octanol–water partition coefficient (Wildman–Crippen LogP) is 3.31. The van der Waals surface area contributed by atoms with E-state index in [-0.39, 0.29) is 18.3 Å². The number of hydrogen-bond donors (Lipinski definition) is 1. The van der Waals surface area contributed by atoms with Gasteiger partial charge in [-0.25, -0.2) is 5.43 Å². The fourth-order valence-electron chi connectivity index (χ4n) is 3.03. The molecule has 0 bridgehead atoms. The van der Waals surface area contributed by atoms with E-state index in [1.54, 1.807) is 18.2 Å². The molecule has 0 spiro atoms. The van der Waals surface area contributed by atoms with Gasteiger partial charge >= 0.3 is 0 Å². The number of thioether (sulfide) groups is 1. The van der Waals surface area contributed by atoms with Crippen molar-refractivity contribution in [3.63, 3.8) is 0 Å². The molecule has 0 saturated carbocycles. The summed E-state index contributed by atoms with van der Waals surface area (Å²) in [6.45, 7) is 4.52. The van der Waals surface area contributed by atoms with Gasteiger partial charge in [-0.1, -0.05) is 36.0 Å². The lowest BCUT2D eigenvalue weighted by atomic mass is 10.2. The van der Waals surface area contributed by atoms with Crippen molar-refractivity contribution in [3.8, 4) is 23.0 Å². The third kappa shape index (κ3) is 7.00. The van der Waals surface area contributed by atoms with Crippen LogP contribution in [0.4, 0.5) is 0 Å². The minimum absolute atomic E-state index is 0.0986. The summed E-state index contributed by atoms with van der Waals surface area (Å²) in [7, 11) is 4.59. The van der Waals surface area contributed by atoms with Gasteiger partial charge in [-0.05, 0) is 24.3 Å². The van der Waals surface area contributed by atoms with Gasteiger partial charge in [-0.2, -0.15) is 5.10 Å². The van der Waals surface area contributed by atoms with E-state index in [0.717, 1.165) is 5.75 Å². The molecule has 0 radical (unpaired) electrons. The zero-order chi connectivity index (χ0) is 25.0. The maximum atomic E-state index is 12.3. The Hall–Kier alpha value is -3.99. The topological polar surface area (TPSA) is 109 Å². The maximum Gasteiger partial charge on any atom is 0.250 e. The molecule has 3 aromatic rings. The van der Waals surface area contributed by atoms with Crippen molar-refractivity contribution < 1.29 is 23.7 Å². The van der Waals surface area contributed by atoms with Crippen molar-refractivity contribution in [1.29, 1.82) is 0 Å². The van der Waals surface area contributed by atoms with E-state index in [2.05, 4.69) is 27.3 Å². The molecule has 1 heterocycles. The van der Waals surface area contributed by atoms with E-state index in [9.17, 15) is 4.79 Å². The van der Waals surface area contributed by atoms with Crippen molar-refractivity contribution in [3.05, 3.63) is 66.5 Å². The number of allylic oxidation sites excluding steroid dienone is 1. The van der Waals surface area contributed by atoms with Crippen LogP contribution in [0.5, 0.6) is 23.0 Å². The highest BCUT2D eigenvalue weighted by Gasteiger charge is 2.15. The van der Waals surface area contributed by atoms with Crippen molar-refractivity contribution in [1.82, 2.24) is 20.2 Å². The molecule has 10 nitrogen and oxygen atoms in total. The van der Waals surface area contributed by atoms with Crippen molar-refractivity contribution >= 4 is 23.9 Å². The molecule has 0 aliphatic heterocycles. The highest BCUT2D eigenvalue weighted by molar-refractivity contribution is 7.99. The Bertz CT molecular complexity index is 1140. The molecular weight excluding hydrogens is 470 g/mol. The number of amides is 1. The maximum absolute atomic E-state index is 12.3. The van der Waals surface area contributed by atoms with Crippen LogP contribution >= 0.6 is 11.8 Å². The number of carbonyl (C=O) groups is 1. The molecule has 184 valence electrons. The normalized spacial score (nSPS) is 10.7. The van der Waals surface area contributed by atoms with Crippen molar-refractivity contribution in [2.24, 2.45) is 5.10 Å². The molecule has 1 N–H and O–H groups in total. The molecule has 35 heavy (non-hydrogen) atoms. The van der Waals surface area contributed by atoms with Crippen LogP contribution in [0.15, 0.2) is 65.4 Å². The summed E-state index contributed by atoms with van der Waals surface area (Å²) < 4.78 is 23.6. The molecular formula is C24H27N5O5S. The van der Waals surface area contributed by atoms with E-state index in [1.807, 2.05) is 34.9 Å². The monoisotopic (exact) mass is 497 g/mol. The largest absolute Gasteiger partial charge is 0.493 e. The molecule has 0 fully saturated rings. The van der Waals surface area contributed by atoms with Gasteiger partial charge in [-0.15, -0.1) is 16.8 Å². The second-order valence-corrected chi connectivity index (χ2v) is 7.88. The second kappa shape index (κ2) is 13.0. The number of nitrogens with zero attached hydrogens (tertiary/aromatic N) is 4. The second-order valence-electron chi connectivity index (χ2n) is 6.94. The Labute approximate surface area is 207 Å². The zero-order valence-corrected chi connectivity index (χ0v) is 20.6. The Morgan fingerprint density at radius 1 is 1.11 bits per heavy atom. The number of hydrogen-bond acceptors (Lipinski definition) is 9. The van der Waals surface area contributed by atoms with Gasteiger partial charge in [0, 0.05) is 12.1 Å². The number of carbonyl (C=O) groups excluding carboxylic acids is 1. The molecule has 0 unspecified atom stereocenters. The third-order valence-corrected chi connectivity index (χ3v) is 5.61. The van der Waals surface area contributed by atoms with Gasteiger partial charge in [-0.3, -0.25) is 9.36 Å². The average Bonchev–Trinajstić information content (AvgIpc) is 3.27. The van der Waals surface area contributed by atoms with Crippen LogP contribution in [0, 0.1) is 0 Å². The molecule has 11 heteroatoms. The summed E-state index contributed by atoms with van der Waals surface area (Å²) in [6.07, 6.45) is 3.23. The molecule has 1 aromatic heterocycles. The first-order valence-corrected chi connectivity index (χ1v) is 11.5. The van der Waals surface area contributed by atoms with Crippen LogP contribution in [0.2, 0.25) is 0 Å². The fraction of sp³-hybridized carbons (Fsp3) is 0.250. The summed E-state index contributed by atoms with van der Waals surface area (Å²) in [6, 6.07) is 12.9. The number of para-hydroxylation sites is 1. The van der Waals surface area contributed by atoms with Crippen LogP contribution in [0.25, 0.3) is 0 Å². The first-order valence-electron chi connectivity index (χ1n) is 10.5. The molecule has 0 aliphatic carbocycles. The minimum Gasteiger partial charge on any atom is -0.493 e. The molecule has 3 rings (SSSR count). The quantitative estimate of drug-likeness (QED) is 0.166. The summed E-state index contributed by atoms with van der Waals surface area (Å²) >= 11 is 1.24. The smallest absolute Gasteiger partial charge is 0.250 e. The van der Waals surface area contributed by atoms with E-state index in [1.165, 1.54) is 39.3 Å². The fourth-order valence-corrected chi connectivity index (χ4v) is 3.79. The lowest BCUT2D eigenvalue weighted by Crippen LogP contribution is -2.20. The van der Waals surface area contributed by atoms with Gasteiger partial charge in [0.15, 0.2) is 22.5 Å². The summed E-state index contributed by atoms with van der Waals surface area (Å²) in [5.41, 5.74) is 3.17. The Balaban J connectivity index is 1.58. The van der Waals surface area contributed by atoms with Gasteiger partial charge in [0.1, 0.15) is 12.4 Å². The lowest BCUT2D eigenvalue weighted by Gasteiger charge is -2.12. The highest BCUT2D eigenvalue weighted by atomic mass is 32.2. The van der Waals surface area contributed by atoms with Crippen molar-refractivity contribution in [2.75, 3.05) is 27.1 Å².